The lowest BCUT2D eigenvalue weighted by atomic mass is 10.0. The van der Waals surface area contributed by atoms with E-state index < -0.39 is 0 Å². The van der Waals surface area contributed by atoms with Gasteiger partial charge in [0.2, 0.25) is 0 Å². The van der Waals surface area contributed by atoms with Crippen LogP contribution in [0, 0.1) is 0 Å². The molecule has 0 radical (unpaired) electrons. The van der Waals surface area contributed by atoms with Crippen molar-refractivity contribution in [3.63, 3.8) is 0 Å². The Balaban J connectivity index is 1.74. The molecule has 7 heteroatoms. The van der Waals surface area contributed by atoms with E-state index in [1.807, 2.05) is 37.3 Å². The number of ether oxygens (including phenoxy) is 2. The van der Waals surface area contributed by atoms with Gasteiger partial charge in [-0.3, -0.25) is 4.79 Å². The number of aryl methyl sites for hydroxylation is 1. The minimum atomic E-state index is -0.377. The third kappa shape index (κ3) is 4.61. The number of carbonyl (C=O) groups is 2. The summed E-state index contributed by atoms with van der Waals surface area (Å²) in [6.07, 6.45) is 1.81. The summed E-state index contributed by atoms with van der Waals surface area (Å²) in [7, 11) is 1.51. The molecule has 0 saturated carbocycles. The van der Waals surface area contributed by atoms with Crippen LogP contribution in [0.15, 0.2) is 42.5 Å². The number of rotatable bonds is 6. The van der Waals surface area contributed by atoms with Crippen LogP contribution in [-0.2, 0) is 16.0 Å². The SMILES string of the molecule is CCOc1ccccc1NC(=O)Nc1ccc2c(c1)N(C(=O)COC)CCC2. The summed E-state index contributed by atoms with van der Waals surface area (Å²) in [5, 5.41) is 5.63. The Hall–Kier alpha value is -3.06. The van der Waals surface area contributed by atoms with Gasteiger partial charge in [0, 0.05) is 25.0 Å². The van der Waals surface area contributed by atoms with E-state index >= 15 is 0 Å². The van der Waals surface area contributed by atoms with Crippen LogP contribution < -0.4 is 20.3 Å². The first-order chi connectivity index (χ1) is 13.6. The van der Waals surface area contributed by atoms with Crippen LogP contribution in [0.4, 0.5) is 21.9 Å². The highest BCUT2D eigenvalue weighted by atomic mass is 16.5. The summed E-state index contributed by atoms with van der Waals surface area (Å²) in [4.78, 5) is 26.5. The number of hydrogen-bond donors (Lipinski definition) is 2. The molecule has 0 aliphatic carbocycles. The highest BCUT2D eigenvalue weighted by molar-refractivity contribution is 6.02. The lowest BCUT2D eigenvalue weighted by Gasteiger charge is -2.30. The number of methoxy groups -OCH3 is 1. The van der Waals surface area contributed by atoms with Crippen molar-refractivity contribution in [1.29, 1.82) is 0 Å². The van der Waals surface area contributed by atoms with Crippen molar-refractivity contribution in [3.8, 4) is 5.75 Å². The van der Waals surface area contributed by atoms with E-state index in [4.69, 9.17) is 9.47 Å². The monoisotopic (exact) mass is 383 g/mol. The van der Waals surface area contributed by atoms with E-state index in [0.29, 0.717) is 30.3 Å². The molecule has 2 aromatic carbocycles. The molecule has 0 fully saturated rings. The predicted octanol–water partition coefficient (Wildman–Crippen LogP) is 3.65. The molecule has 3 amide bonds. The van der Waals surface area contributed by atoms with Gasteiger partial charge in [0.25, 0.3) is 5.91 Å². The van der Waals surface area contributed by atoms with Gasteiger partial charge in [-0.1, -0.05) is 18.2 Å². The van der Waals surface area contributed by atoms with Crippen molar-refractivity contribution in [2.45, 2.75) is 19.8 Å². The quantitative estimate of drug-likeness (QED) is 0.798. The maximum Gasteiger partial charge on any atom is 0.323 e. The van der Waals surface area contributed by atoms with Crippen molar-refractivity contribution in [2.75, 3.05) is 42.4 Å². The normalized spacial score (nSPS) is 12.9. The van der Waals surface area contributed by atoms with E-state index in [2.05, 4.69) is 10.6 Å². The van der Waals surface area contributed by atoms with Crippen LogP contribution >= 0.6 is 0 Å². The average Bonchev–Trinajstić information content (AvgIpc) is 2.69. The zero-order valence-corrected chi connectivity index (χ0v) is 16.2. The van der Waals surface area contributed by atoms with E-state index in [1.54, 1.807) is 17.0 Å². The third-order valence-electron chi connectivity index (χ3n) is 4.47. The molecule has 0 aromatic heterocycles. The molecule has 28 heavy (non-hydrogen) atoms. The minimum Gasteiger partial charge on any atom is -0.492 e. The van der Waals surface area contributed by atoms with Gasteiger partial charge in [0.05, 0.1) is 12.3 Å². The number of urea groups is 1. The Labute approximate surface area is 164 Å². The van der Waals surface area contributed by atoms with Crippen molar-refractivity contribution in [2.24, 2.45) is 0 Å². The van der Waals surface area contributed by atoms with Crippen LogP contribution in [-0.4, -0.2) is 38.8 Å². The first kappa shape index (κ1) is 19.7. The molecule has 1 aliphatic rings. The molecule has 7 nitrogen and oxygen atoms in total. The summed E-state index contributed by atoms with van der Waals surface area (Å²) < 4.78 is 10.5. The lowest BCUT2D eigenvalue weighted by Crippen LogP contribution is -2.37. The summed E-state index contributed by atoms with van der Waals surface area (Å²) in [6, 6.07) is 12.5. The number of carbonyl (C=O) groups excluding carboxylic acids is 2. The highest BCUT2D eigenvalue weighted by Crippen LogP contribution is 2.30. The first-order valence-electron chi connectivity index (χ1n) is 9.34. The van der Waals surface area contributed by atoms with Crippen molar-refractivity contribution < 1.29 is 19.1 Å². The number of amides is 3. The molecular weight excluding hydrogens is 358 g/mol. The predicted molar refractivity (Wildman–Crippen MR) is 109 cm³/mol. The molecule has 0 atom stereocenters. The number of nitrogens with one attached hydrogen (secondary N) is 2. The third-order valence-corrected chi connectivity index (χ3v) is 4.47. The van der Waals surface area contributed by atoms with Gasteiger partial charge in [0.15, 0.2) is 0 Å². The molecule has 1 aliphatic heterocycles. The van der Waals surface area contributed by atoms with E-state index in [9.17, 15) is 9.59 Å². The lowest BCUT2D eigenvalue weighted by molar-refractivity contribution is -0.122. The number of para-hydroxylation sites is 2. The van der Waals surface area contributed by atoms with Gasteiger partial charge in [-0.05, 0) is 49.6 Å². The van der Waals surface area contributed by atoms with Gasteiger partial charge in [0.1, 0.15) is 12.4 Å². The van der Waals surface area contributed by atoms with Crippen LogP contribution in [0.1, 0.15) is 18.9 Å². The Morgan fingerprint density at radius 3 is 2.75 bits per heavy atom. The molecular formula is C21H25N3O4. The fourth-order valence-corrected chi connectivity index (χ4v) is 3.25. The number of anilines is 3. The Bertz CT molecular complexity index is 853. The van der Waals surface area contributed by atoms with Crippen LogP contribution in [0.25, 0.3) is 0 Å². The van der Waals surface area contributed by atoms with E-state index in [1.165, 1.54) is 7.11 Å². The van der Waals surface area contributed by atoms with E-state index in [-0.39, 0.29) is 18.5 Å². The highest BCUT2D eigenvalue weighted by Gasteiger charge is 2.23. The molecule has 0 bridgehead atoms. The zero-order valence-electron chi connectivity index (χ0n) is 16.2. The van der Waals surface area contributed by atoms with Crippen molar-refractivity contribution in [3.05, 3.63) is 48.0 Å². The second-order valence-electron chi connectivity index (χ2n) is 6.43. The smallest absolute Gasteiger partial charge is 0.323 e. The summed E-state index contributed by atoms with van der Waals surface area (Å²) in [5.74, 6) is 0.526. The fourth-order valence-electron chi connectivity index (χ4n) is 3.25. The maximum atomic E-state index is 12.4. The van der Waals surface area contributed by atoms with E-state index in [0.717, 1.165) is 24.1 Å². The second-order valence-corrected chi connectivity index (χ2v) is 6.43. The Morgan fingerprint density at radius 1 is 1.14 bits per heavy atom. The van der Waals surface area contributed by atoms with Gasteiger partial charge < -0.3 is 25.0 Å². The van der Waals surface area contributed by atoms with Gasteiger partial charge >= 0.3 is 6.03 Å². The van der Waals surface area contributed by atoms with Crippen LogP contribution in [0.5, 0.6) is 5.75 Å². The number of fused-ring (bicyclic) bond motifs is 1. The van der Waals surface area contributed by atoms with Gasteiger partial charge in [-0.2, -0.15) is 0 Å². The molecule has 0 saturated heterocycles. The zero-order chi connectivity index (χ0) is 19.9. The molecule has 3 rings (SSSR count). The number of benzene rings is 2. The fraction of sp³-hybridized carbons (Fsp3) is 0.333. The second kappa shape index (κ2) is 9.23. The minimum absolute atomic E-state index is 0.0335. The molecule has 2 aromatic rings. The largest absolute Gasteiger partial charge is 0.492 e. The Morgan fingerprint density at radius 2 is 1.96 bits per heavy atom. The summed E-state index contributed by atoms with van der Waals surface area (Å²) >= 11 is 0. The summed E-state index contributed by atoms with van der Waals surface area (Å²) in [5.41, 5.74) is 3.11. The number of hydrogen-bond acceptors (Lipinski definition) is 4. The molecule has 2 N–H and O–H groups in total. The molecule has 0 unspecified atom stereocenters. The average molecular weight is 383 g/mol. The van der Waals surface area contributed by atoms with Gasteiger partial charge in [-0.25, -0.2) is 4.79 Å². The topological polar surface area (TPSA) is 79.9 Å². The Kier molecular flexibility index (Phi) is 6.49. The summed E-state index contributed by atoms with van der Waals surface area (Å²) in [6.45, 7) is 3.08. The van der Waals surface area contributed by atoms with Crippen LogP contribution in [0.2, 0.25) is 0 Å². The molecule has 148 valence electrons. The van der Waals surface area contributed by atoms with Crippen LogP contribution in [0.3, 0.4) is 0 Å². The number of nitrogens with zero attached hydrogens (tertiary/aromatic N) is 1. The molecule has 0 spiro atoms. The standard InChI is InChI=1S/C21H25N3O4/c1-3-28-19-9-5-4-8-17(19)23-21(26)22-16-11-10-15-7-6-12-24(18(15)13-16)20(25)14-27-2/h4-5,8-11,13H,3,6-7,12,14H2,1-2H3,(H2,22,23,26). The maximum absolute atomic E-state index is 12.4. The van der Waals surface area contributed by atoms with Gasteiger partial charge in [-0.15, -0.1) is 0 Å². The van der Waals surface area contributed by atoms with Crippen molar-refractivity contribution in [1.82, 2.24) is 0 Å². The first-order valence-corrected chi connectivity index (χ1v) is 9.34. The molecule has 1 heterocycles. The van der Waals surface area contributed by atoms with Crippen molar-refractivity contribution >= 4 is 29.0 Å².